The first kappa shape index (κ1) is 20.6. The molecule has 1 heterocycles. The summed E-state index contributed by atoms with van der Waals surface area (Å²) in [7, 11) is -3.83. The number of aryl methyl sites for hydroxylation is 1. The van der Waals surface area contributed by atoms with Gasteiger partial charge in [0.05, 0.1) is 4.90 Å². The standard InChI is InChI=1S/C23H21N3O4S/c1-15-2-4-17(5-3-15)23(28)26-13-12-18-14-20(10-11-21(18)26)31(29,30)25-19-8-6-16(7-9-19)22(24)27/h2-11,14,25H,12-13H2,1H3,(H2,24,27). The first-order valence-corrected chi connectivity index (χ1v) is 11.2. The fraction of sp³-hybridized carbons (Fsp3) is 0.130. The van der Waals surface area contributed by atoms with E-state index >= 15 is 0 Å². The summed E-state index contributed by atoms with van der Waals surface area (Å²) in [5.74, 6) is -0.695. The molecule has 4 rings (SSSR count). The molecular weight excluding hydrogens is 414 g/mol. The predicted octanol–water partition coefficient (Wildman–Crippen LogP) is 3.10. The van der Waals surface area contributed by atoms with Crippen LogP contribution in [0.4, 0.5) is 11.4 Å². The molecule has 1 aliphatic rings. The molecule has 0 saturated heterocycles. The number of benzene rings is 3. The van der Waals surface area contributed by atoms with Crippen molar-refractivity contribution in [1.29, 1.82) is 0 Å². The molecule has 0 aliphatic carbocycles. The van der Waals surface area contributed by atoms with Gasteiger partial charge in [-0.15, -0.1) is 0 Å². The second-order valence-electron chi connectivity index (χ2n) is 7.41. The van der Waals surface area contributed by atoms with E-state index in [1.54, 1.807) is 29.2 Å². The number of carbonyl (C=O) groups excluding carboxylic acids is 2. The number of nitrogens with one attached hydrogen (secondary N) is 1. The van der Waals surface area contributed by atoms with Crippen molar-refractivity contribution in [2.75, 3.05) is 16.2 Å². The van der Waals surface area contributed by atoms with E-state index in [2.05, 4.69) is 4.72 Å². The number of carbonyl (C=O) groups is 2. The lowest BCUT2D eigenvalue weighted by atomic mass is 10.1. The van der Waals surface area contributed by atoms with E-state index in [9.17, 15) is 18.0 Å². The minimum absolute atomic E-state index is 0.106. The van der Waals surface area contributed by atoms with Crippen molar-refractivity contribution >= 4 is 33.2 Å². The molecule has 3 N–H and O–H groups in total. The Morgan fingerprint density at radius 3 is 2.23 bits per heavy atom. The number of nitrogens with zero attached hydrogens (tertiary/aromatic N) is 1. The van der Waals surface area contributed by atoms with E-state index in [1.807, 2.05) is 19.1 Å². The third-order valence-corrected chi connectivity index (χ3v) is 6.60. The lowest BCUT2D eigenvalue weighted by Crippen LogP contribution is -2.28. The van der Waals surface area contributed by atoms with Crippen molar-refractivity contribution in [3.05, 3.63) is 89.0 Å². The fourth-order valence-corrected chi connectivity index (χ4v) is 4.63. The summed E-state index contributed by atoms with van der Waals surface area (Å²) >= 11 is 0. The molecule has 2 amide bonds. The van der Waals surface area contributed by atoms with E-state index in [1.165, 1.54) is 30.3 Å². The second-order valence-corrected chi connectivity index (χ2v) is 9.09. The summed E-state index contributed by atoms with van der Waals surface area (Å²) in [4.78, 5) is 25.8. The van der Waals surface area contributed by atoms with E-state index < -0.39 is 15.9 Å². The topological polar surface area (TPSA) is 110 Å². The maximum Gasteiger partial charge on any atom is 0.261 e. The molecule has 0 radical (unpaired) electrons. The van der Waals surface area contributed by atoms with Gasteiger partial charge in [-0.1, -0.05) is 17.7 Å². The van der Waals surface area contributed by atoms with Crippen molar-refractivity contribution in [3.8, 4) is 0 Å². The summed E-state index contributed by atoms with van der Waals surface area (Å²) in [6.07, 6.45) is 0.573. The molecule has 0 aromatic heterocycles. The third kappa shape index (κ3) is 4.15. The lowest BCUT2D eigenvalue weighted by molar-refractivity contribution is 0.0985. The summed E-state index contributed by atoms with van der Waals surface area (Å²) in [6, 6.07) is 18.0. The number of nitrogens with two attached hydrogens (primary N) is 1. The van der Waals surface area contributed by atoms with Gasteiger partial charge < -0.3 is 10.6 Å². The van der Waals surface area contributed by atoms with Gasteiger partial charge in [0.2, 0.25) is 5.91 Å². The van der Waals surface area contributed by atoms with Crippen molar-refractivity contribution < 1.29 is 18.0 Å². The molecule has 0 bridgehead atoms. The molecule has 1 aliphatic heterocycles. The van der Waals surface area contributed by atoms with Crippen LogP contribution in [0.2, 0.25) is 0 Å². The molecule has 0 fully saturated rings. The Morgan fingerprint density at radius 2 is 1.58 bits per heavy atom. The SMILES string of the molecule is Cc1ccc(C(=O)N2CCc3cc(S(=O)(=O)Nc4ccc(C(N)=O)cc4)ccc32)cc1. The second kappa shape index (κ2) is 7.88. The van der Waals surface area contributed by atoms with Crippen molar-refractivity contribution in [2.45, 2.75) is 18.2 Å². The van der Waals surface area contributed by atoms with Crippen LogP contribution in [0.15, 0.2) is 71.6 Å². The molecule has 0 spiro atoms. The van der Waals surface area contributed by atoms with Gasteiger partial charge in [0.1, 0.15) is 0 Å². The number of fused-ring (bicyclic) bond motifs is 1. The Bertz CT molecular complexity index is 1270. The Morgan fingerprint density at radius 1 is 0.935 bits per heavy atom. The summed E-state index contributed by atoms with van der Waals surface area (Å²) < 4.78 is 28.1. The van der Waals surface area contributed by atoms with Crippen LogP contribution in [0.3, 0.4) is 0 Å². The van der Waals surface area contributed by atoms with Gasteiger partial charge >= 0.3 is 0 Å². The fourth-order valence-electron chi connectivity index (χ4n) is 3.52. The summed E-state index contributed by atoms with van der Waals surface area (Å²) in [5.41, 5.74) is 9.00. The van der Waals surface area contributed by atoms with Gasteiger partial charge in [-0.2, -0.15) is 0 Å². The quantitative estimate of drug-likeness (QED) is 0.642. The van der Waals surface area contributed by atoms with Crippen molar-refractivity contribution in [3.63, 3.8) is 0 Å². The van der Waals surface area contributed by atoms with Gasteiger partial charge in [0.15, 0.2) is 0 Å². The van der Waals surface area contributed by atoms with Crippen LogP contribution in [0.1, 0.15) is 31.8 Å². The molecule has 158 valence electrons. The maximum absolute atomic E-state index is 12.9. The highest BCUT2D eigenvalue weighted by Gasteiger charge is 2.27. The molecule has 7 nitrogen and oxygen atoms in total. The average molecular weight is 436 g/mol. The largest absolute Gasteiger partial charge is 0.366 e. The first-order valence-electron chi connectivity index (χ1n) is 9.69. The number of rotatable bonds is 5. The molecule has 3 aromatic rings. The number of amides is 2. The van der Waals surface area contributed by atoms with Crippen LogP contribution in [0.25, 0.3) is 0 Å². The van der Waals surface area contributed by atoms with E-state index in [4.69, 9.17) is 5.73 Å². The first-order chi connectivity index (χ1) is 14.7. The third-order valence-electron chi connectivity index (χ3n) is 5.22. The van der Waals surface area contributed by atoms with E-state index in [-0.39, 0.29) is 10.8 Å². The van der Waals surface area contributed by atoms with E-state index in [0.717, 1.165) is 16.8 Å². The molecule has 31 heavy (non-hydrogen) atoms. The number of anilines is 2. The van der Waals surface area contributed by atoms with Gasteiger partial charge in [-0.05, 0) is 73.5 Å². The predicted molar refractivity (Wildman–Crippen MR) is 119 cm³/mol. The molecule has 0 atom stereocenters. The highest BCUT2D eigenvalue weighted by molar-refractivity contribution is 7.92. The minimum atomic E-state index is -3.83. The maximum atomic E-state index is 12.9. The minimum Gasteiger partial charge on any atom is -0.366 e. The summed E-state index contributed by atoms with van der Waals surface area (Å²) in [6.45, 7) is 2.45. The van der Waals surface area contributed by atoms with Crippen molar-refractivity contribution in [2.24, 2.45) is 5.73 Å². The zero-order valence-electron chi connectivity index (χ0n) is 16.8. The molecule has 0 saturated carbocycles. The smallest absolute Gasteiger partial charge is 0.261 e. The highest BCUT2D eigenvalue weighted by atomic mass is 32.2. The molecule has 3 aromatic carbocycles. The van der Waals surface area contributed by atoms with Crippen LogP contribution in [-0.2, 0) is 16.4 Å². The molecule has 8 heteroatoms. The van der Waals surface area contributed by atoms with Gasteiger partial charge in [0.25, 0.3) is 15.9 Å². The zero-order chi connectivity index (χ0) is 22.2. The number of hydrogen-bond acceptors (Lipinski definition) is 4. The Hall–Kier alpha value is -3.65. The monoisotopic (exact) mass is 435 g/mol. The normalized spacial score (nSPS) is 13.0. The van der Waals surface area contributed by atoms with Crippen LogP contribution in [0.5, 0.6) is 0 Å². The lowest BCUT2D eigenvalue weighted by Gasteiger charge is -2.18. The Labute approximate surface area is 180 Å². The molecule has 0 unspecified atom stereocenters. The van der Waals surface area contributed by atoms with Gasteiger partial charge in [0, 0.05) is 29.0 Å². The van der Waals surface area contributed by atoms with Gasteiger partial charge in [-0.3, -0.25) is 14.3 Å². The van der Waals surface area contributed by atoms with Gasteiger partial charge in [-0.25, -0.2) is 8.42 Å². The van der Waals surface area contributed by atoms with E-state index in [0.29, 0.717) is 29.8 Å². The number of sulfonamides is 1. The zero-order valence-corrected chi connectivity index (χ0v) is 17.6. The summed E-state index contributed by atoms with van der Waals surface area (Å²) in [5, 5.41) is 0. The van der Waals surface area contributed by atoms with Crippen LogP contribution >= 0.6 is 0 Å². The Kier molecular flexibility index (Phi) is 5.24. The van der Waals surface area contributed by atoms with Crippen molar-refractivity contribution in [1.82, 2.24) is 0 Å². The number of hydrogen-bond donors (Lipinski definition) is 2. The van der Waals surface area contributed by atoms with Crippen LogP contribution in [-0.4, -0.2) is 26.8 Å². The highest BCUT2D eigenvalue weighted by Crippen LogP contribution is 2.32. The Balaban J connectivity index is 1.56. The number of primary amides is 1. The molecular formula is C23H21N3O4S. The van der Waals surface area contributed by atoms with Crippen LogP contribution < -0.4 is 15.4 Å². The van der Waals surface area contributed by atoms with Crippen LogP contribution in [0, 0.1) is 6.92 Å². The average Bonchev–Trinajstić information content (AvgIpc) is 3.17.